The van der Waals surface area contributed by atoms with E-state index in [0.29, 0.717) is 18.9 Å². The maximum atomic E-state index is 11.3. The van der Waals surface area contributed by atoms with Crippen LogP contribution < -0.4 is 5.32 Å². The van der Waals surface area contributed by atoms with Crippen molar-refractivity contribution in [2.75, 3.05) is 26.8 Å². The molecule has 4 heteroatoms. The van der Waals surface area contributed by atoms with Crippen LogP contribution in [-0.2, 0) is 27.3 Å². The quantitative estimate of drug-likeness (QED) is 0.807. The molecule has 4 nitrogen and oxygen atoms in total. The topological polar surface area (TPSA) is 47.6 Å². The van der Waals surface area contributed by atoms with Crippen molar-refractivity contribution in [3.05, 3.63) is 35.4 Å². The van der Waals surface area contributed by atoms with E-state index in [1.807, 2.05) is 24.3 Å². The van der Waals surface area contributed by atoms with Crippen LogP contribution in [0.3, 0.4) is 0 Å². The molecule has 1 aliphatic heterocycles. The summed E-state index contributed by atoms with van der Waals surface area (Å²) in [4.78, 5) is 11.3. The summed E-state index contributed by atoms with van der Waals surface area (Å²) in [5.41, 5.74) is 2.08. The van der Waals surface area contributed by atoms with E-state index >= 15 is 0 Å². The van der Waals surface area contributed by atoms with Crippen molar-refractivity contribution in [3.8, 4) is 0 Å². The summed E-state index contributed by atoms with van der Waals surface area (Å²) in [6, 6.07) is 7.94. The predicted octanol–water partition coefficient (Wildman–Crippen LogP) is 1.92. The maximum absolute atomic E-state index is 11.3. The second-order valence-electron chi connectivity index (χ2n) is 5.28. The lowest BCUT2D eigenvalue weighted by Crippen LogP contribution is -2.29. The molecule has 0 bridgehead atoms. The molecular weight excluding hydrogens is 254 g/mol. The van der Waals surface area contributed by atoms with Crippen molar-refractivity contribution in [1.29, 1.82) is 0 Å². The zero-order valence-corrected chi connectivity index (χ0v) is 12.1. The monoisotopic (exact) mass is 277 g/mol. The minimum absolute atomic E-state index is 0.210. The molecule has 1 aromatic rings. The first-order valence-corrected chi connectivity index (χ1v) is 7.21. The lowest BCUT2D eigenvalue weighted by atomic mass is 9.99. The smallest absolute Gasteiger partial charge is 0.309 e. The molecule has 0 aromatic heterocycles. The second-order valence-corrected chi connectivity index (χ2v) is 5.28. The number of esters is 1. The van der Waals surface area contributed by atoms with Gasteiger partial charge in [0, 0.05) is 6.61 Å². The number of nitrogens with one attached hydrogen (secondary N) is 1. The van der Waals surface area contributed by atoms with E-state index < -0.39 is 0 Å². The van der Waals surface area contributed by atoms with Crippen molar-refractivity contribution in [2.24, 2.45) is 5.92 Å². The maximum Gasteiger partial charge on any atom is 0.309 e. The molecular formula is C16H23NO3. The normalized spacial score (nSPS) is 16.1. The van der Waals surface area contributed by atoms with E-state index in [-0.39, 0.29) is 5.97 Å². The van der Waals surface area contributed by atoms with Crippen LogP contribution >= 0.6 is 0 Å². The lowest BCUT2D eigenvalue weighted by Gasteiger charge is -2.22. The number of carbonyl (C=O) groups is 1. The van der Waals surface area contributed by atoms with Gasteiger partial charge in [-0.2, -0.15) is 0 Å². The standard InChI is InChI=1S/C16H23NO3/c1-19-16(18)10-14-3-2-4-15(9-14)12-20-11-13-5-7-17-8-6-13/h2-4,9,13,17H,5-8,10-12H2,1H3. The van der Waals surface area contributed by atoms with Crippen molar-refractivity contribution < 1.29 is 14.3 Å². The van der Waals surface area contributed by atoms with Gasteiger partial charge in [-0.15, -0.1) is 0 Å². The molecule has 1 aliphatic rings. The van der Waals surface area contributed by atoms with Gasteiger partial charge in [0.15, 0.2) is 0 Å². The number of ether oxygens (including phenoxy) is 2. The molecule has 2 rings (SSSR count). The fourth-order valence-electron chi connectivity index (χ4n) is 2.46. The van der Waals surface area contributed by atoms with E-state index in [0.717, 1.165) is 30.8 Å². The zero-order valence-electron chi connectivity index (χ0n) is 12.1. The van der Waals surface area contributed by atoms with Crippen LogP contribution in [0.25, 0.3) is 0 Å². The van der Waals surface area contributed by atoms with Gasteiger partial charge < -0.3 is 14.8 Å². The van der Waals surface area contributed by atoms with Gasteiger partial charge in [-0.25, -0.2) is 0 Å². The SMILES string of the molecule is COC(=O)Cc1cccc(COCC2CCNCC2)c1. The largest absolute Gasteiger partial charge is 0.469 e. The van der Waals surface area contributed by atoms with Gasteiger partial charge in [0.05, 0.1) is 20.1 Å². The molecule has 1 aromatic carbocycles. The van der Waals surface area contributed by atoms with E-state index in [2.05, 4.69) is 10.1 Å². The Morgan fingerprint density at radius 2 is 2.05 bits per heavy atom. The molecule has 0 aliphatic carbocycles. The highest BCUT2D eigenvalue weighted by Gasteiger charge is 2.12. The Kier molecular flexibility index (Phi) is 6.02. The summed E-state index contributed by atoms with van der Waals surface area (Å²) in [6.07, 6.45) is 2.71. The first-order valence-electron chi connectivity index (χ1n) is 7.21. The molecule has 0 atom stereocenters. The van der Waals surface area contributed by atoms with Crippen molar-refractivity contribution in [2.45, 2.75) is 25.9 Å². The summed E-state index contributed by atoms with van der Waals surface area (Å²) in [5, 5.41) is 3.35. The van der Waals surface area contributed by atoms with Crippen LogP contribution in [0, 0.1) is 5.92 Å². The van der Waals surface area contributed by atoms with E-state index in [1.165, 1.54) is 20.0 Å². The van der Waals surface area contributed by atoms with Gasteiger partial charge in [-0.3, -0.25) is 4.79 Å². The van der Waals surface area contributed by atoms with E-state index in [1.54, 1.807) is 0 Å². The third kappa shape index (κ3) is 4.94. The number of hydrogen-bond donors (Lipinski definition) is 1. The molecule has 1 fully saturated rings. The van der Waals surface area contributed by atoms with Crippen LogP contribution in [0.15, 0.2) is 24.3 Å². The Morgan fingerprint density at radius 3 is 2.80 bits per heavy atom. The second kappa shape index (κ2) is 8.02. The van der Waals surface area contributed by atoms with Crippen LogP contribution in [0.1, 0.15) is 24.0 Å². The van der Waals surface area contributed by atoms with Crippen molar-refractivity contribution in [1.82, 2.24) is 5.32 Å². The van der Waals surface area contributed by atoms with Gasteiger partial charge >= 0.3 is 5.97 Å². The summed E-state index contributed by atoms with van der Waals surface area (Å²) in [5.74, 6) is 0.465. The fourth-order valence-corrected chi connectivity index (χ4v) is 2.46. The first-order chi connectivity index (χ1) is 9.78. The molecule has 0 amide bonds. The third-order valence-corrected chi connectivity index (χ3v) is 3.65. The highest BCUT2D eigenvalue weighted by Crippen LogP contribution is 2.14. The number of piperidine rings is 1. The molecule has 0 unspecified atom stereocenters. The van der Waals surface area contributed by atoms with Gasteiger partial charge in [0.25, 0.3) is 0 Å². The van der Waals surface area contributed by atoms with Crippen molar-refractivity contribution in [3.63, 3.8) is 0 Å². The lowest BCUT2D eigenvalue weighted by molar-refractivity contribution is -0.139. The zero-order chi connectivity index (χ0) is 14.2. The summed E-state index contributed by atoms with van der Waals surface area (Å²) in [6.45, 7) is 3.63. The molecule has 0 saturated carbocycles. The fraction of sp³-hybridized carbons (Fsp3) is 0.562. The Hall–Kier alpha value is -1.39. The Bertz CT molecular complexity index is 427. The average Bonchev–Trinajstić information content (AvgIpc) is 2.48. The molecule has 1 N–H and O–H groups in total. The van der Waals surface area contributed by atoms with Crippen molar-refractivity contribution >= 4 is 5.97 Å². The minimum Gasteiger partial charge on any atom is -0.469 e. The van der Waals surface area contributed by atoms with E-state index in [9.17, 15) is 4.79 Å². The number of benzene rings is 1. The van der Waals surface area contributed by atoms with Gasteiger partial charge in [0.2, 0.25) is 0 Å². The summed E-state index contributed by atoms with van der Waals surface area (Å²) < 4.78 is 10.5. The molecule has 110 valence electrons. The highest BCUT2D eigenvalue weighted by atomic mass is 16.5. The van der Waals surface area contributed by atoms with Crippen LogP contribution in [0.5, 0.6) is 0 Å². The van der Waals surface area contributed by atoms with Gasteiger partial charge in [-0.05, 0) is 43.0 Å². The molecule has 1 saturated heterocycles. The van der Waals surface area contributed by atoms with Crippen LogP contribution in [0.4, 0.5) is 0 Å². The van der Waals surface area contributed by atoms with Gasteiger partial charge in [0.1, 0.15) is 0 Å². The molecule has 1 heterocycles. The Labute approximate surface area is 120 Å². The molecule has 20 heavy (non-hydrogen) atoms. The number of methoxy groups -OCH3 is 1. The highest BCUT2D eigenvalue weighted by molar-refractivity contribution is 5.72. The Morgan fingerprint density at radius 1 is 1.30 bits per heavy atom. The average molecular weight is 277 g/mol. The Balaban J connectivity index is 1.77. The number of carbonyl (C=O) groups excluding carboxylic acids is 1. The third-order valence-electron chi connectivity index (χ3n) is 3.65. The van der Waals surface area contributed by atoms with Gasteiger partial charge in [-0.1, -0.05) is 24.3 Å². The van der Waals surface area contributed by atoms with E-state index in [4.69, 9.17) is 4.74 Å². The van der Waals surface area contributed by atoms with Crippen LogP contribution in [-0.4, -0.2) is 32.8 Å². The minimum atomic E-state index is -0.210. The first kappa shape index (κ1) is 15.0. The predicted molar refractivity (Wildman–Crippen MR) is 77.4 cm³/mol. The number of rotatable bonds is 6. The summed E-state index contributed by atoms with van der Waals surface area (Å²) >= 11 is 0. The molecule has 0 spiro atoms. The summed E-state index contributed by atoms with van der Waals surface area (Å²) in [7, 11) is 1.41. The van der Waals surface area contributed by atoms with Crippen LogP contribution in [0.2, 0.25) is 0 Å². The molecule has 0 radical (unpaired) electrons. The number of hydrogen-bond acceptors (Lipinski definition) is 4.